The van der Waals surface area contributed by atoms with Gasteiger partial charge in [0, 0.05) is 25.1 Å². The summed E-state index contributed by atoms with van der Waals surface area (Å²) in [5.74, 6) is 1.40. The molecule has 10 heteroatoms. The molecule has 10 nitrogen and oxygen atoms in total. The van der Waals surface area contributed by atoms with Gasteiger partial charge >= 0.3 is 5.69 Å². The predicted molar refractivity (Wildman–Crippen MR) is 187 cm³/mol. The molecule has 4 aromatic carbocycles. The van der Waals surface area contributed by atoms with Crippen molar-refractivity contribution >= 4 is 11.2 Å². The van der Waals surface area contributed by atoms with E-state index in [0.29, 0.717) is 42.1 Å². The molecule has 0 aliphatic rings. The van der Waals surface area contributed by atoms with Crippen LogP contribution >= 0.6 is 0 Å². The van der Waals surface area contributed by atoms with E-state index >= 15 is 0 Å². The highest BCUT2D eigenvalue weighted by Crippen LogP contribution is 2.30. The molecule has 3 aromatic heterocycles. The molecule has 3 heterocycles. The minimum absolute atomic E-state index is 0.260. The molecule has 0 aliphatic carbocycles. The summed E-state index contributed by atoms with van der Waals surface area (Å²) in [7, 11) is 0. The molecule has 7 rings (SSSR count). The van der Waals surface area contributed by atoms with Gasteiger partial charge in [0.2, 0.25) is 0 Å². The van der Waals surface area contributed by atoms with Gasteiger partial charge in [-0.2, -0.15) is 0 Å². The van der Waals surface area contributed by atoms with Crippen LogP contribution in [0.5, 0.6) is 0 Å². The maximum absolute atomic E-state index is 14.4. The summed E-state index contributed by atoms with van der Waals surface area (Å²) < 4.78 is 4.99. The monoisotopic (exact) mass is 636 g/mol. The van der Waals surface area contributed by atoms with Crippen LogP contribution in [0.25, 0.3) is 39.4 Å². The summed E-state index contributed by atoms with van der Waals surface area (Å²) in [4.78, 5) is 33.5. The van der Waals surface area contributed by atoms with E-state index in [1.165, 1.54) is 4.57 Å². The second kappa shape index (κ2) is 13.8. The second-order valence-corrected chi connectivity index (χ2v) is 11.9. The van der Waals surface area contributed by atoms with Crippen LogP contribution in [-0.4, -0.2) is 39.3 Å². The smallest absolute Gasteiger partial charge is 0.318 e. The summed E-state index contributed by atoms with van der Waals surface area (Å²) in [5.41, 5.74) is 5.80. The molecule has 0 bridgehead atoms. The Morgan fingerprint density at radius 1 is 0.708 bits per heavy atom. The molecule has 0 unspecified atom stereocenters. The fourth-order valence-electron chi connectivity index (χ4n) is 6.25. The number of H-pyrrole nitrogens is 1. The normalized spacial score (nSPS) is 11.4. The van der Waals surface area contributed by atoms with Gasteiger partial charge in [-0.15, -0.1) is 5.10 Å². The number of unbranched alkanes of at least 4 members (excludes halogenated alkanes) is 2. The molecule has 240 valence electrons. The average Bonchev–Trinajstić information content (AvgIpc) is 3.79. The molecule has 0 radical (unpaired) electrons. The summed E-state index contributed by atoms with van der Waals surface area (Å²) in [6.45, 7) is 2.86. The lowest BCUT2D eigenvalue weighted by molar-refractivity contribution is 0.614. The van der Waals surface area contributed by atoms with Gasteiger partial charge in [-0.25, -0.2) is 19.4 Å². The number of rotatable bonds is 12. The molecular formula is C38H36N8O2. The minimum atomic E-state index is -0.385. The number of nitrogens with zero attached hydrogens (tertiary/aromatic N) is 7. The first-order chi connectivity index (χ1) is 23.6. The molecule has 0 saturated carbocycles. The molecule has 7 aromatic rings. The van der Waals surface area contributed by atoms with Gasteiger partial charge < -0.3 is 4.57 Å². The van der Waals surface area contributed by atoms with E-state index in [0.717, 1.165) is 52.9 Å². The molecule has 0 fully saturated rings. The van der Waals surface area contributed by atoms with Crippen molar-refractivity contribution in [1.82, 2.24) is 39.3 Å². The fraction of sp³-hybridized carbons (Fsp3) is 0.211. The van der Waals surface area contributed by atoms with Gasteiger partial charge in [-0.05, 0) is 57.7 Å². The Balaban J connectivity index is 1.34. The molecule has 1 N–H and O–H groups in total. The summed E-state index contributed by atoms with van der Waals surface area (Å²) in [6.07, 6.45) is 4.30. The van der Waals surface area contributed by atoms with Crippen LogP contribution in [0.15, 0.2) is 119 Å². The van der Waals surface area contributed by atoms with E-state index in [2.05, 4.69) is 51.8 Å². The Bertz CT molecular complexity index is 2250. The minimum Gasteiger partial charge on any atom is -0.318 e. The standard InChI is InChI=1S/C38H36N8O2/c1-2-3-6-19-33-39-36-34(37(47)44(25-24-27-13-7-4-8-14-27)38(48)46(36)30-15-9-5-10-16-30)45(33)26-28-20-22-29(23-21-28)31-17-11-12-18-32(31)35-40-42-43-41-35/h4-5,7-18,20-23H,2-3,6,19,24-26H2,1H3,(H,40,41,42,43). The number of para-hydroxylation sites is 1. The molecule has 48 heavy (non-hydrogen) atoms. The Labute approximate surface area is 277 Å². The molecule has 0 atom stereocenters. The van der Waals surface area contributed by atoms with Crippen LogP contribution < -0.4 is 11.2 Å². The maximum Gasteiger partial charge on any atom is 0.337 e. The zero-order valence-electron chi connectivity index (χ0n) is 26.8. The van der Waals surface area contributed by atoms with E-state index in [4.69, 9.17) is 4.98 Å². The van der Waals surface area contributed by atoms with Crippen LogP contribution in [0.4, 0.5) is 0 Å². The lowest BCUT2D eigenvalue weighted by atomic mass is 9.98. The van der Waals surface area contributed by atoms with Gasteiger partial charge in [-0.1, -0.05) is 117 Å². The summed E-state index contributed by atoms with van der Waals surface area (Å²) >= 11 is 0. The number of aryl methyl sites for hydroxylation is 2. The molecule has 0 aliphatic heterocycles. The second-order valence-electron chi connectivity index (χ2n) is 11.9. The summed E-state index contributed by atoms with van der Waals surface area (Å²) in [5, 5.41) is 14.4. The van der Waals surface area contributed by atoms with Crippen molar-refractivity contribution in [3.8, 4) is 28.2 Å². The van der Waals surface area contributed by atoms with Crippen molar-refractivity contribution in [2.75, 3.05) is 0 Å². The van der Waals surface area contributed by atoms with E-state index in [9.17, 15) is 9.59 Å². The molecular weight excluding hydrogens is 600 g/mol. The zero-order valence-corrected chi connectivity index (χ0v) is 26.8. The lowest BCUT2D eigenvalue weighted by Gasteiger charge is -2.14. The maximum atomic E-state index is 14.4. The van der Waals surface area contributed by atoms with E-state index in [-0.39, 0.29) is 17.8 Å². The number of nitrogens with one attached hydrogen (secondary N) is 1. The highest BCUT2D eigenvalue weighted by molar-refractivity contribution is 5.80. The quantitative estimate of drug-likeness (QED) is 0.159. The number of aromatic nitrogens is 8. The first kappa shape index (κ1) is 30.7. The first-order valence-electron chi connectivity index (χ1n) is 16.4. The Morgan fingerprint density at radius 2 is 1.42 bits per heavy atom. The van der Waals surface area contributed by atoms with E-state index in [1.54, 1.807) is 4.57 Å². The molecule has 0 saturated heterocycles. The van der Waals surface area contributed by atoms with E-state index in [1.807, 2.05) is 89.5 Å². The van der Waals surface area contributed by atoms with Crippen molar-refractivity contribution < 1.29 is 0 Å². The highest BCUT2D eigenvalue weighted by Gasteiger charge is 2.23. The van der Waals surface area contributed by atoms with Crippen molar-refractivity contribution in [3.63, 3.8) is 0 Å². The van der Waals surface area contributed by atoms with Gasteiger partial charge in [0.05, 0.1) is 5.69 Å². The third kappa shape index (κ3) is 6.12. The number of imidazole rings is 1. The third-order valence-electron chi connectivity index (χ3n) is 8.73. The topological polar surface area (TPSA) is 116 Å². The Kier molecular flexibility index (Phi) is 8.86. The number of benzene rings is 4. The fourth-order valence-corrected chi connectivity index (χ4v) is 6.25. The van der Waals surface area contributed by atoms with Gasteiger partial charge in [-0.3, -0.25) is 9.36 Å². The Morgan fingerprint density at radius 3 is 2.12 bits per heavy atom. The Hall–Kier alpha value is -5.90. The SMILES string of the molecule is CCCCCc1nc2c(c(=O)n(CCc3ccccc3)c(=O)n2-c2ccccc2)n1Cc1ccc(-c2ccccc2-c2nnn[nH]2)cc1. The number of hydrogen-bond acceptors (Lipinski definition) is 6. The average molecular weight is 637 g/mol. The van der Waals surface area contributed by atoms with Crippen LogP contribution in [0.3, 0.4) is 0 Å². The number of hydrogen-bond donors (Lipinski definition) is 1. The van der Waals surface area contributed by atoms with Gasteiger partial charge in [0.15, 0.2) is 17.0 Å². The first-order valence-corrected chi connectivity index (χ1v) is 16.4. The molecule has 0 amide bonds. The van der Waals surface area contributed by atoms with Gasteiger partial charge in [0.1, 0.15) is 5.82 Å². The van der Waals surface area contributed by atoms with Gasteiger partial charge in [0.25, 0.3) is 5.56 Å². The summed E-state index contributed by atoms with van der Waals surface area (Å²) in [6, 6.07) is 35.7. The van der Waals surface area contributed by atoms with Crippen LogP contribution in [0.2, 0.25) is 0 Å². The number of fused-ring (bicyclic) bond motifs is 1. The van der Waals surface area contributed by atoms with Crippen LogP contribution in [-0.2, 0) is 25.9 Å². The zero-order chi connectivity index (χ0) is 32.9. The van der Waals surface area contributed by atoms with Crippen molar-refractivity contribution in [3.05, 3.63) is 147 Å². The number of tetrazole rings is 1. The largest absolute Gasteiger partial charge is 0.337 e. The van der Waals surface area contributed by atoms with Crippen molar-refractivity contribution in [2.24, 2.45) is 0 Å². The highest BCUT2D eigenvalue weighted by atomic mass is 16.2. The predicted octanol–water partition coefficient (Wildman–Crippen LogP) is 6.22. The van der Waals surface area contributed by atoms with E-state index < -0.39 is 0 Å². The molecule has 0 spiro atoms. The third-order valence-corrected chi connectivity index (χ3v) is 8.73. The lowest BCUT2D eigenvalue weighted by Crippen LogP contribution is -2.40. The number of aromatic amines is 1. The van der Waals surface area contributed by atoms with Crippen LogP contribution in [0, 0.1) is 0 Å². The van der Waals surface area contributed by atoms with Crippen molar-refractivity contribution in [2.45, 2.75) is 52.1 Å². The van der Waals surface area contributed by atoms with Crippen LogP contribution in [0.1, 0.15) is 43.1 Å². The van der Waals surface area contributed by atoms with Crippen molar-refractivity contribution in [1.29, 1.82) is 0 Å².